The third kappa shape index (κ3) is 4.25. The molecule has 1 unspecified atom stereocenters. The van der Waals surface area contributed by atoms with Crippen LogP contribution in [0.15, 0.2) is 46.3 Å². The first-order valence-corrected chi connectivity index (χ1v) is 7.78. The molecule has 21 heavy (non-hydrogen) atoms. The van der Waals surface area contributed by atoms with Gasteiger partial charge in [0.05, 0.1) is 5.69 Å². The molecule has 0 aliphatic heterocycles. The number of pyridine rings is 1. The largest absolute Gasteiger partial charge is 0.309 e. The minimum absolute atomic E-state index is 0.233. The maximum Gasteiger partial charge on any atom is 0.140 e. The molecular weight excluding hydrogens is 290 g/mol. The van der Waals surface area contributed by atoms with Crippen LogP contribution in [0.4, 0.5) is 8.78 Å². The second kappa shape index (κ2) is 7.52. The van der Waals surface area contributed by atoms with Crippen LogP contribution in [0.2, 0.25) is 0 Å². The second-order valence-corrected chi connectivity index (χ2v) is 5.73. The summed E-state index contributed by atoms with van der Waals surface area (Å²) in [5, 5.41) is 3.36. The van der Waals surface area contributed by atoms with Gasteiger partial charge in [0.2, 0.25) is 0 Å². The Labute approximate surface area is 128 Å². The monoisotopic (exact) mass is 308 g/mol. The van der Waals surface area contributed by atoms with Crippen molar-refractivity contribution in [2.45, 2.75) is 36.1 Å². The molecule has 1 N–H and O–H groups in total. The van der Waals surface area contributed by atoms with Crippen LogP contribution in [0.1, 0.15) is 32.0 Å². The molecule has 1 aromatic carbocycles. The topological polar surface area (TPSA) is 24.9 Å². The van der Waals surface area contributed by atoms with E-state index >= 15 is 0 Å². The van der Waals surface area contributed by atoms with Gasteiger partial charge in [-0.25, -0.2) is 8.78 Å². The Morgan fingerprint density at radius 2 is 2.00 bits per heavy atom. The molecule has 0 saturated carbocycles. The van der Waals surface area contributed by atoms with E-state index in [1.54, 1.807) is 6.20 Å². The summed E-state index contributed by atoms with van der Waals surface area (Å²) in [6.45, 7) is 5.05. The molecule has 0 aliphatic carbocycles. The minimum Gasteiger partial charge on any atom is -0.309 e. The van der Waals surface area contributed by atoms with Crippen molar-refractivity contribution in [3.63, 3.8) is 0 Å². The smallest absolute Gasteiger partial charge is 0.140 e. The number of hydrogen-bond acceptors (Lipinski definition) is 3. The Balaban J connectivity index is 2.11. The van der Waals surface area contributed by atoms with E-state index in [1.807, 2.05) is 12.1 Å². The molecule has 1 heterocycles. The Morgan fingerprint density at radius 3 is 2.57 bits per heavy atom. The first-order chi connectivity index (χ1) is 10.1. The Hall–Kier alpha value is -1.46. The summed E-state index contributed by atoms with van der Waals surface area (Å²) >= 11 is 1.24. The molecule has 0 fully saturated rings. The zero-order valence-electron chi connectivity index (χ0n) is 12.1. The summed E-state index contributed by atoms with van der Waals surface area (Å²) in [6, 6.07) is 7.68. The first kappa shape index (κ1) is 15.9. The SMILES string of the molecule is CCNC(CC)c1ccc(Sc2ccc(F)cc2F)cn1. The molecule has 1 aromatic heterocycles. The summed E-state index contributed by atoms with van der Waals surface area (Å²) < 4.78 is 26.5. The van der Waals surface area contributed by atoms with Gasteiger partial charge in [-0.15, -0.1) is 0 Å². The van der Waals surface area contributed by atoms with Crippen LogP contribution in [-0.2, 0) is 0 Å². The number of nitrogens with zero attached hydrogens (tertiary/aromatic N) is 1. The molecule has 5 heteroatoms. The lowest BCUT2D eigenvalue weighted by Gasteiger charge is -2.15. The van der Waals surface area contributed by atoms with Crippen molar-refractivity contribution in [3.05, 3.63) is 53.9 Å². The van der Waals surface area contributed by atoms with E-state index in [0.29, 0.717) is 4.90 Å². The van der Waals surface area contributed by atoms with Crippen molar-refractivity contribution in [1.29, 1.82) is 0 Å². The molecule has 112 valence electrons. The second-order valence-electron chi connectivity index (χ2n) is 4.61. The van der Waals surface area contributed by atoms with Gasteiger partial charge in [0.25, 0.3) is 0 Å². The average Bonchev–Trinajstić information content (AvgIpc) is 2.48. The van der Waals surface area contributed by atoms with Gasteiger partial charge in [0, 0.05) is 28.1 Å². The highest BCUT2D eigenvalue weighted by atomic mass is 32.2. The zero-order chi connectivity index (χ0) is 15.2. The fourth-order valence-corrected chi connectivity index (χ4v) is 2.84. The number of nitrogens with one attached hydrogen (secondary N) is 1. The maximum atomic E-state index is 13.6. The molecule has 2 nitrogen and oxygen atoms in total. The molecule has 0 radical (unpaired) electrons. The number of benzene rings is 1. The van der Waals surface area contributed by atoms with Crippen LogP contribution in [0.25, 0.3) is 0 Å². The van der Waals surface area contributed by atoms with Crippen LogP contribution in [0.5, 0.6) is 0 Å². The standard InChI is InChI=1S/C16H18F2N2S/c1-3-14(19-4-2)15-7-6-12(10-20-15)21-16-8-5-11(17)9-13(16)18/h5-10,14,19H,3-4H2,1-2H3. The van der Waals surface area contributed by atoms with Crippen molar-refractivity contribution in [1.82, 2.24) is 10.3 Å². The van der Waals surface area contributed by atoms with Gasteiger partial charge >= 0.3 is 0 Å². The predicted octanol–water partition coefficient (Wildman–Crippen LogP) is 4.57. The summed E-state index contributed by atoms with van der Waals surface area (Å²) in [5.41, 5.74) is 0.975. The molecule has 0 aliphatic rings. The summed E-state index contributed by atoms with van der Waals surface area (Å²) in [5.74, 6) is -1.12. The first-order valence-electron chi connectivity index (χ1n) is 6.96. The van der Waals surface area contributed by atoms with Crippen LogP contribution in [0.3, 0.4) is 0 Å². The van der Waals surface area contributed by atoms with Gasteiger partial charge in [-0.1, -0.05) is 25.6 Å². The molecule has 0 amide bonds. The normalized spacial score (nSPS) is 12.4. The van der Waals surface area contributed by atoms with Gasteiger partial charge in [0.15, 0.2) is 0 Å². The Morgan fingerprint density at radius 1 is 1.19 bits per heavy atom. The van der Waals surface area contributed by atoms with Gasteiger partial charge in [0.1, 0.15) is 11.6 Å². The van der Waals surface area contributed by atoms with Crippen LogP contribution >= 0.6 is 11.8 Å². The molecule has 0 bridgehead atoms. The van der Waals surface area contributed by atoms with Crippen LogP contribution in [-0.4, -0.2) is 11.5 Å². The van der Waals surface area contributed by atoms with Crippen molar-refractivity contribution >= 4 is 11.8 Å². The molecule has 1 atom stereocenters. The van der Waals surface area contributed by atoms with E-state index in [1.165, 1.54) is 23.9 Å². The van der Waals surface area contributed by atoms with E-state index in [0.717, 1.165) is 29.6 Å². The highest BCUT2D eigenvalue weighted by Crippen LogP contribution is 2.30. The number of rotatable bonds is 6. The lowest BCUT2D eigenvalue weighted by molar-refractivity contribution is 0.524. The third-order valence-corrected chi connectivity index (χ3v) is 4.12. The summed E-state index contributed by atoms with van der Waals surface area (Å²) in [6.07, 6.45) is 2.68. The number of hydrogen-bond donors (Lipinski definition) is 1. The van der Waals surface area contributed by atoms with Gasteiger partial charge in [-0.05, 0) is 37.2 Å². The molecular formula is C16H18F2N2S. The number of halogens is 2. The van der Waals surface area contributed by atoms with Crippen molar-refractivity contribution in [2.75, 3.05) is 6.54 Å². The van der Waals surface area contributed by atoms with Crippen molar-refractivity contribution in [2.24, 2.45) is 0 Å². The highest BCUT2D eigenvalue weighted by molar-refractivity contribution is 7.99. The molecule has 0 spiro atoms. The molecule has 2 rings (SSSR count). The van der Waals surface area contributed by atoms with Gasteiger partial charge in [-0.3, -0.25) is 4.98 Å². The molecule has 2 aromatic rings. The van der Waals surface area contributed by atoms with E-state index in [-0.39, 0.29) is 6.04 Å². The van der Waals surface area contributed by atoms with Gasteiger partial charge < -0.3 is 5.32 Å². The predicted molar refractivity (Wildman–Crippen MR) is 81.4 cm³/mol. The minimum atomic E-state index is -0.568. The maximum absolute atomic E-state index is 13.6. The van der Waals surface area contributed by atoms with Gasteiger partial charge in [-0.2, -0.15) is 0 Å². The van der Waals surface area contributed by atoms with E-state index < -0.39 is 11.6 Å². The Bertz CT molecular complexity index is 587. The fourth-order valence-electron chi connectivity index (χ4n) is 2.05. The van der Waals surface area contributed by atoms with Crippen molar-refractivity contribution in [3.8, 4) is 0 Å². The third-order valence-electron chi connectivity index (χ3n) is 3.10. The van der Waals surface area contributed by atoms with E-state index in [9.17, 15) is 8.78 Å². The lowest BCUT2D eigenvalue weighted by Crippen LogP contribution is -2.20. The van der Waals surface area contributed by atoms with E-state index in [4.69, 9.17) is 0 Å². The quantitative estimate of drug-likeness (QED) is 0.846. The van der Waals surface area contributed by atoms with Crippen LogP contribution < -0.4 is 5.32 Å². The number of aromatic nitrogens is 1. The van der Waals surface area contributed by atoms with Crippen LogP contribution in [0, 0.1) is 11.6 Å². The average molecular weight is 308 g/mol. The fraction of sp³-hybridized carbons (Fsp3) is 0.312. The van der Waals surface area contributed by atoms with Crippen molar-refractivity contribution < 1.29 is 8.78 Å². The Kier molecular flexibility index (Phi) is 5.70. The summed E-state index contributed by atoms with van der Waals surface area (Å²) in [4.78, 5) is 5.65. The zero-order valence-corrected chi connectivity index (χ0v) is 12.9. The summed E-state index contributed by atoms with van der Waals surface area (Å²) in [7, 11) is 0. The highest BCUT2D eigenvalue weighted by Gasteiger charge is 2.10. The van der Waals surface area contributed by atoms with E-state index in [2.05, 4.69) is 24.1 Å². The lowest BCUT2D eigenvalue weighted by atomic mass is 10.1. The molecule has 0 saturated heterocycles.